The molecule has 1 fully saturated rings. The number of hydrogen-bond donors (Lipinski definition) is 0. The van der Waals surface area contributed by atoms with Gasteiger partial charge in [-0.3, -0.25) is 4.79 Å². The normalized spacial score (nSPS) is 22.5. The van der Waals surface area contributed by atoms with Crippen LogP contribution >= 0.6 is 0 Å². The quantitative estimate of drug-likeness (QED) is 0.771. The number of sulfonamides is 1. The van der Waals surface area contributed by atoms with Gasteiger partial charge in [-0.25, -0.2) is 13.4 Å². The number of aryl methyl sites for hydroxylation is 1. The summed E-state index contributed by atoms with van der Waals surface area (Å²) >= 11 is 0. The molecule has 2 aromatic rings. The van der Waals surface area contributed by atoms with Crippen LogP contribution in [0.15, 0.2) is 41.4 Å². The van der Waals surface area contributed by atoms with Gasteiger partial charge in [-0.15, -0.1) is 0 Å². The van der Waals surface area contributed by atoms with Crippen LogP contribution in [0.4, 0.5) is 5.82 Å². The number of Topliss-reactive ketones (excluding diaryl/α,β-unsaturated/α-hetero) is 1. The largest absolute Gasteiger partial charge is 0.354 e. The molecule has 4 rings (SSSR count). The maximum absolute atomic E-state index is 13.4. The number of hydrogen-bond acceptors (Lipinski definition) is 5. The maximum atomic E-state index is 13.4. The minimum atomic E-state index is -3.60. The Morgan fingerprint density at radius 2 is 1.79 bits per heavy atom. The topological polar surface area (TPSA) is 70.6 Å². The third-order valence-electron chi connectivity index (χ3n) is 6.30. The molecule has 1 unspecified atom stereocenters. The summed E-state index contributed by atoms with van der Waals surface area (Å²) in [5.74, 6) is 0.988. The lowest BCUT2D eigenvalue weighted by atomic mass is 9.83. The molecule has 1 aromatic heterocycles. The van der Waals surface area contributed by atoms with Crippen molar-refractivity contribution >= 4 is 21.6 Å². The van der Waals surface area contributed by atoms with E-state index in [1.807, 2.05) is 38.2 Å². The van der Waals surface area contributed by atoms with E-state index in [1.165, 1.54) is 0 Å². The van der Waals surface area contributed by atoms with Crippen LogP contribution in [0, 0.1) is 12.3 Å². The highest BCUT2D eigenvalue weighted by molar-refractivity contribution is 7.89. The molecule has 0 amide bonds. The minimum Gasteiger partial charge on any atom is -0.354 e. The molecule has 0 bridgehead atoms. The number of pyridine rings is 1. The first-order valence-electron chi connectivity index (χ1n) is 10.0. The summed E-state index contributed by atoms with van der Waals surface area (Å²) in [4.78, 5) is 19.1. The molecule has 0 spiro atoms. The number of benzene rings is 1. The van der Waals surface area contributed by atoms with Crippen LogP contribution < -0.4 is 4.90 Å². The molecule has 1 aromatic carbocycles. The average molecular weight is 414 g/mol. The molecule has 6 nitrogen and oxygen atoms in total. The number of carbonyl (C=O) groups excluding carboxylic acids is 1. The van der Waals surface area contributed by atoms with Gasteiger partial charge >= 0.3 is 0 Å². The summed E-state index contributed by atoms with van der Waals surface area (Å²) in [5.41, 5.74) is 2.38. The second kappa shape index (κ2) is 7.22. The number of carbonyl (C=O) groups is 1. The van der Waals surface area contributed by atoms with Crippen molar-refractivity contribution < 1.29 is 13.2 Å². The molecule has 2 heterocycles. The second-order valence-electron chi connectivity index (χ2n) is 8.45. The number of anilines is 1. The highest BCUT2D eigenvalue weighted by Crippen LogP contribution is 2.41. The predicted octanol–water partition coefficient (Wildman–Crippen LogP) is 2.59. The number of ketones is 1. The minimum absolute atomic E-state index is 0.108. The highest BCUT2D eigenvalue weighted by atomic mass is 32.2. The van der Waals surface area contributed by atoms with E-state index in [1.54, 1.807) is 23.4 Å². The molecule has 7 heteroatoms. The van der Waals surface area contributed by atoms with E-state index in [0.29, 0.717) is 43.9 Å². The molecule has 0 radical (unpaired) electrons. The monoisotopic (exact) mass is 413 g/mol. The van der Waals surface area contributed by atoms with Crippen molar-refractivity contribution in [1.82, 2.24) is 9.29 Å². The van der Waals surface area contributed by atoms with Crippen LogP contribution in [0.25, 0.3) is 0 Å². The van der Waals surface area contributed by atoms with Gasteiger partial charge in [0.05, 0.1) is 4.90 Å². The second-order valence-corrected chi connectivity index (χ2v) is 10.4. The first-order valence-corrected chi connectivity index (χ1v) is 11.4. The Bertz CT molecular complexity index is 1040. The molecule has 1 atom stereocenters. The summed E-state index contributed by atoms with van der Waals surface area (Å²) in [5, 5.41) is 0. The van der Waals surface area contributed by atoms with Gasteiger partial charge in [-0.2, -0.15) is 4.31 Å². The van der Waals surface area contributed by atoms with E-state index >= 15 is 0 Å². The van der Waals surface area contributed by atoms with E-state index in [2.05, 4.69) is 9.88 Å². The maximum Gasteiger partial charge on any atom is 0.243 e. The van der Waals surface area contributed by atoms with Crippen molar-refractivity contribution in [2.75, 3.05) is 31.1 Å². The Balaban J connectivity index is 1.55. The fourth-order valence-corrected chi connectivity index (χ4v) is 5.97. The number of aromatic nitrogens is 1. The zero-order valence-electron chi connectivity index (χ0n) is 17.2. The smallest absolute Gasteiger partial charge is 0.243 e. The molecule has 154 valence electrons. The molecule has 1 saturated heterocycles. The standard InChI is InChI=1S/C22H27N3O3S/c1-16-7-8-21(23-15-16)24-9-11-25(12-10-24)29(27,28)20-6-4-5-18-13-22(3,17(2)26)14-19(18)20/h4-8,15H,9-14H2,1-3H3. The Morgan fingerprint density at radius 1 is 1.07 bits per heavy atom. The van der Waals surface area contributed by atoms with Gasteiger partial charge in [0.2, 0.25) is 10.0 Å². The van der Waals surface area contributed by atoms with E-state index in [9.17, 15) is 13.2 Å². The molecule has 1 aliphatic carbocycles. The summed E-state index contributed by atoms with van der Waals surface area (Å²) < 4.78 is 28.4. The number of fused-ring (bicyclic) bond motifs is 1. The lowest BCUT2D eigenvalue weighted by Crippen LogP contribution is -2.49. The Hall–Kier alpha value is -2.25. The van der Waals surface area contributed by atoms with Gasteiger partial charge in [0.1, 0.15) is 11.6 Å². The third kappa shape index (κ3) is 3.57. The zero-order chi connectivity index (χ0) is 20.8. The van der Waals surface area contributed by atoms with Crippen molar-refractivity contribution in [3.63, 3.8) is 0 Å². The third-order valence-corrected chi connectivity index (χ3v) is 8.29. The number of rotatable bonds is 4. The predicted molar refractivity (Wildman–Crippen MR) is 113 cm³/mol. The summed E-state index contributed by atoms with van der Waals surface area (Å²) in [6.45, 7) is 7.58. The first-order chi connectivity index (χ1) is 13.7. The number of piperazine rings is 1. The van der Waals surface area contributed by atoms with Crippen molar-refractivity contribution in [2.45, 2.75) is 38.5 Å². The van der Waals surface area contributed by atoms with Crippen molar-refractivity contribution in [3.05, 3.63) is 53.2 Å². The van der Waals surface area contributed by atoms with Crippen LogP contribution in [0.2, 0.25) is 0 Å². The lowest BCUT2D eigenvalue weighted by molar-refractivity contribution is -0.125. The summed E-state index contributed by atoms with van der Waals surface area (Å²) in [6.07, 6.45) is 2.92. The van der Waals surface area contributed by atoms with Gasteiger partial charge in [-0.05, 0) is 55.5 Å². The molecule has 0 N–H and O–H groups in total. The fraction of sp³-hybridized carbons (Fsp3) is 0.455. The van der Waals surface area contributed by atoms with E-state index < -0.39 is 15.4 Å². The van der Waals surface area contributed by atoms with Crippen molar-refractivity contribution in [3.8, 4) is 0 Å². The molecule has 2 aliphatic rings. The van der Waals surface area contributed by atoms with Crippen LogP contribution in [0.5, 0.6) is 0 Å². The lowest BCUT2D eigenvalue weighted by Gasteiger charge is -2.35. The SMILES string of the molecule is CC(=O)C1(C)Cc2cccc(S(=O)(=O)N3CCN(c4ccc(C)cn4)CC3)c2C1. The summed E-state index contributed by atoms with van der Waals surface area (Å²) in [7, 11) is -3.60. The zero-order valence-corrected chi connectivity index (χ0v) is 18.0. The molecule has 0 saturated carbocycles. The van der Waals surface area contributed by atoms with Gasteiger partial charge < -0.3 is 4.90 Å². The first kappa shape index (κ1) is 20.0. The van der Waals surface area contributed by atoms with Gasteiger partial charge in [0, 0.05) is 37.8 Å². The van der Waals surface area contributed by atoms with Crippen molar-refractivity contribution in [1.29, 1.82) is 0 Å². The summed E-state index contributed by atoms with van der Waals surface area (Å²) in [6, 6.07) is 9.43. The van der Waals surface area contributed by atoms with E-state index in [0.717, 1.165) is 22.5 Å². The molecule has 1 aliphatic heterocycles. The molecular weight excluding hydrogens is 386 g/mol. The van der Waals surface area contributed by atoms with Gasteiger partial charge in [0.25, 0.3) is 0 Å². The fourth-order valence-electron chi connectivity index (χ4n) is 4.28. The Labute approximate surface area is 172 Å². The Kier molecular flexibility index (Phi) is 4.99. The average Bonchev–Trinajstić information content (AvgIpc) is 3.06. The van der Waals surface area contributed by atoms with Gasteiger partial charge in [0.15, 0.2) is 0 Å². The van der Waals surface area contributed by atoms with E-state index in [-0.39, 0.29) is 5.78 Å². The molecular formula is C22H27N3O3S. The number of nitrogens with zero attached hydrogens (tertiary/aromatic N) is 3. The molecule has 29 heavy (non-hydrogen) atoms. The Morgan fingerprint density at radius 3 is 2.41 bits per heavy atom. The highest BCUT2D eigenvalue weighted by Gasteiger charge is 2.41. The van der Waals surface area contributed by atoms with Crippen molar-refractivity contribution in [2.24, 2.45) is 5.41 Å². The van der Waals surface area contributed by atoms with Gasteiger partial charge in [-0.1, -0.05) is 25.1 Å². The van der Waals surface area contributed by atoms with Crippen LogP contribution in [0.1, 0.15) is 30.5 Å². The van der Waals surface area contributed by atoms with Crippen LogP contribution in [-0.2, 0) is 27.7 Å². The van der Waals surface area contributed by atoms with Crippen LogP contribution in [0.3, 0.4) is 0 Å². The van der Waals surface area contributed by atoms with Crippen LogP contribution in [-0.4, -0.2) is 49.7 Å². The van der Waals surface area contributed by atoms with E-state index in [4.69, 9.17) is 0 Å².